The highest BCUT2D eigenvalue weighted by atomic mass is 16.5. The second-order valence-corrected chi connectivity index (χ2v) is 5.83. The third-order valence-corrected chi connectivity index (χ3v) is 4.20. The van der Waals surface area contributed by atoms with Crippen LogP contribution in [0.15, 0.2) is 36.9 Å². The largest absolute Gasteiger partial charge is 0.381 e. The van der Waals surface area contributed by atoms with Gasteiger partial charge in [-0.2, -0.15) is 0 Å². The molecule has 1 atom stereocenters. The van der Waals surface area contributed by atoms with Crippen molar-refractivity contribution in [3.63, 3.8) is 0 Å². The first kappa shape index (κ1) is 17.2. The third kappa shape index (κ3) is 5.21. The predicted octanol–water partition coefficient (Wildman–Crippen LogP) is 2.03. The summed E-state index contributed by atoms with van der Waals surface area (Å²) >= 11 is 0. The highest BCUT2D eigenvalue weighted by molar-refractivity contribution is 5.94. The van der Waals surface area contributed by atoms with Crippen LogP contribution in [-0.4, -0.2) is 31.1 Å². The van der Waals surface area contributed by atoms with Crippen LogP contribution in [0.5, 0.6) is 0 Å². The molecule has 0 radical (unpaired) electrons. The molecule has 0 aromatic heterocycles. The lowest BCUT2D eigenvalue weighted by Crippen LogP contribution is -2.40. The summed E-state index contributed by atoms with van der Waals surface area (Å²) < 4.78 is 5.35. The number of carbonyl (C=O) groups excluding carboxylic acids is 2. The summed E-state index contributed by atoms with van der Waals surface area (Å²) in [6, 6.07) is 7.38. The number of hydrogen-bond donors (Lipinski definition) is 2. The molecule has 0 unspecified atom stereocenters. The Hall–Kier alpha value is -2.14. The molecule has 23 heavy (non-hydrogen) atoms. The van der Waals surface area contributed by atoms with E-state index in [1.807, 2.05) is 19.1 Å². The van der Waals surface area contributed by atoms with Gasteiger partial charge in [-0.15, -0.1) is 0 Å². The molecular weight excluding hydrogens is 292 g/mol. The summed E-state index contributed by atoms with van der Waals surface area (Å²) in [6.07, 6.45) is 3.21. The Morgan fingerprint density at radius 1 is 1.30 bits per heavy atom. The van der Waals surface area contributed by atoms with Gasteiger partial charge in [-0.3, -0.25) is 9.59 Å². The first-order valence-corrected chi connectivity index (χ1v) is 7.98. The normalized spacial score (nSPS) is 16.4. The van der Waals surface area contributed by atoms with E-state index in [0.29, 0.717) is 18.0 Å². The second kappa shape index (κ2) is 8.48. The summed E-state index contributed by atoms with van der Waals surface area (Å²) in [5, 5.41) is 5.77. The van der Waals surface area contributed by atoms with Crippen LogP contribution in [0.2, 0.25) is 0 Å². The Morgan fingerprint density at radius 2 is 1.96 bits per heavy atom. The zero-order valence-corrected chi connectivity index (χ0v) is 13.5. The Balaban J connectivity index is 1.86. The van der Waals surface area contributed by atoms with Gasteiger partial charge < -0.3 is 15.4 Å². The van der Waals surface area contributed by atoms with Gasteiger partial charge in [0, 0.05) is 31.4 Å². The molecule has 0 spiro atoms. The van der Waals surface area contributed by atoms with Crippen LogP contribution in [0.3, 0.4) is 0 Å². The van der Waals surface area contributed by atoms with Crippen molar-refractivity contribution < 1.29 is 14.3 Å². The molecule has 1 aromatic carbocycles. The van der Waals surface area contributed by atoms with Crippen molar-refractivity contribution in [2.45, 2.75) is 32.4 Å². The van der Waals surface area contributed by atoms with Crippen molar-refractivity contribution in [3.05, 3.63) is 48.0 Å². The van der Waals surface area contributed by atoms with E-state index in [-0.39, 0.29) is 17.9 Å². The number of nitrogens with one attached hydrogen (secondary N) is 2. The Kier molecular flexibility index (Phi) is 6.35. The van der Waals surface area contributed by atoms with E-state index in [2.05, 4.69) is 17.2 Å². The van der Waals surface area contributed by atoms with Crippen LogP contribution < -0.4 is 10.6 Å². The molecule has 5 heteroatoms. The summed E-state index contributed by atoms with van der Waals surface area (Å²) in [6.45, 7) is 7.42. The fourth-order valence-corrected chi connectivity index (χ4v) is 2.66. The van der Waals surface area contributed by atoms with Crippen LogP contribution in [0.4, 0.5) is 0 Å². The van der Waals surface area contributed by atoms with Crippen molar-refractivity contribution in [2.75, 3.05) is 13.2 Å². The number of rotatable bonds is 6. The van der Waals surface area contributed by atoms with Gasteiger partial charge in [0.25, 0.3) is 5.91 Å². The van der Waals surface area contributed by atoms with Crippen LogP contribution in [0.25, 0.3) is 0 Å². The molecule has 1 aliphatic rings. The number of benzene rings is 1. The summed E-state index contributed by atoms with van der Waals surface area (Å²) in [4.78, 5) is 23.4. The predicted molar refractivity (Wildman–Crippen MR) is 89.0 cm³/mol. The summed E-state index contributed by atoms with van der Waals surface area (Å²) in [7, 11) is 0. The van der Waals surface area contributed by atoms with E-state index in [0.717, 1.165) is 31.6 Å². The van der Waals surface area contributed by atoms with Crippen molar-refractivity contribution in [3.8, 4) is 0 Å². The molecule has 0 saturated carbocycles. The highest BCUT2D eigenvalue weighted by Gasteiger charge is 2.22. The molecule has 0 bridgehead atoms. The zero-order chi connectivity index (χ0) is 16.7. The molecule has 1 aromatic rings. The Bertz CT molecular complexity index is 548. The fourth-order valence-electron chi connectivity index (χ4n) is 2.66. The SMILES string of the molecule is C=CC(=O)NCc1ccc(C(=O)N[C@H](C)C2CCOCC2)cc1. The molecule has 124 valence electrons. The second-order valence-electron chi connectivity index (χ2n) is 5.83. The standard InChI is InChI=1S/C18H24N2O3/c1-3-17(21)19-12-14-4-6-16(7-5-14)18(22)20-13(2)15-8-10-23-11-9-15/h3-7,13,15H,1,8-12H2,2H3,(H,19,21)(H,20,22)/t13-/m1/s1. The van der Waals surface area contributed by atoms with Gasteiger partial charge in [-0.05, 0) is 49.5 Å². The minimum absolute atomic E-state index is 0.0642. The topological polar surface area (TPSA) is 67.4 Å². The molecule has 2 N–H and O–H groups in total. The lowest BCUT2D eigenvalue weighted by atomic mass is 9.93. The number of hydrogen-bond acceptors (Lipinski definition) is 3. The van der Waals surface area contributed by atoms with Crippen molar-refractivity contribution in [1.82, 2.24) is 10.6 Å². The molecule has 2 amide bonds. The lowest BCUT2D eigenvalue weighted by molar-refractivity contribution is -0.116. The minimum Gasteiger partial charge on any atom is -0.381 e. The highest BCUT2D eigenvalue weighted by Crippen LogP contribution is 2.18. The number of ether oxygens (including phenoxy) is 1. The summed E-state index contributed by atoms with van der Waals surface area (Å²) in [5.74, 6) is 0.198. The number of amides is 2. The van der Waals surface area contributed by atoms with Crippen LogP contribution in [-0.2, 0) is 16.1 Å². The molecule has 0 aliphatic carbocycles. The van der Waals surface area contributed by atoms with Crippen molar-refractivity contribution >= 4 is 11.8 Å². The first-order chi connectivity index (χ1) is 11.1. The van der Waals surface area contributed by atoms with E-state index in [1.165, 1.54) is 6.08 Å². The van der Waals surface area contributed by atoms with Gasteiger partial charge in [0.15, 0.2) is 0 Å². The average Bonchev–Trinajstić information content (AvgIpc) is 2.60. The number of carbonyl (C=O) groups is 2. The molecule has 2 rings (SSSR count). The van der Waals surface area contributed by atoms with E-state index in [4.69, 9.17) is 4.74 Å². The minimum atomic E-state index is -0.211. The maximum atomic E-state index is 12.3. The molecule has 1 saturated heterocycles. The molecule has 1 aliphatic heterocycles. The first-order valence-electron chi connectivity index (χ1n) is 7.98. The van der Waals surface area contributed by atoms with E-state index in [1.54, 1.807) is 12.1 Å². The molecule has 5 nitrogen and oxygen atoms in total. The van der Waals surface area contributed by atoms with E-state index >= 15 is 0 Å². The smallest absolute Gasteiger partial charge is 0.251 e. The van der Waals surface area contributed by atoms with Gasteiger partial charge in [0.1, 0.15) is 0 Å². The monoisotopic (exact) mass is 316 g/mol. The van der Waals surface area contributed by atoms with Crippen molar-refractivity contribution in [1.29, 1.82) is 0 Å². The summed E-state index contributed by atoms with van der Waals surface area (Å²) in [5.41, 5.74) is 1.57. The van der Waals surface area contributed by atoms with Crippen LogP contribution in [0.1, 0.15) is 35.7 Å². The van der Waals surface area contributed by atoms with Crippen LogP contribution in [0, 0.1) is 5.92 Å². The fraction of sp³-hybridized carbons (Fsp3) is 0.444. The Labute approximate surface area is 137 Å². The zero-order valence-electron chi connectivity index (χ0n) is 13.5. The third-order valence-electron chi connectivity index (χ3n) is 4.20. The quantitative estimate of drug-likeness (QED) is 0.789. The van der Waals surface area contributed by atoms with Gasteiger partial charge in [0.2, 0.25) is 5.91 Å². The van der Waals surface area contributed by atoms with Gasteiger partial charge in [0.05, 0.1) is 0 Å². The Morgan fingerprint density at radius 3 is 2.57 bits per heavy atom. The van der Waals surface area contributed by atoms with Crippen LogP contribution >= 0.6 is 0 Å². The van der Waals surface area contributed by atoms with Crippen molar-refractivity contribution in [2.24, 2.45) is 5.92 Å². The average molecular weight is 316 g/mol. The molecule has 1 heterocycles. The maximum Gasteiger partial charge on any atom is 0.251 e. The maximum absolute atomic E-state index is 12.3. The van der Waals surface area contributed by atoms with Gasteiger partial charge in [-0.25, -0.2) is 0 Å². The lowest BCUT2D eigenvalue weighted by Gasteiger charge is -2.28. The molecular formula is C18H24N2O3. The molecule has 1 fully saturated rings. The van der Waals surface area contributed by atoms with E-state index < -0.39 is 0 Å². The van der Waals surface area contributed by atoms with Gasteiger partial charge >= 0.3 is 0 Å². The van der Waals surface area contributed by atoms with Gasteiger partial charge in [-0.1, -0.05) is 18.7 Å². The van der Waals surface area contributed by atoms with E-state index in [9.17, 15) is 9.59 Å².